The van der Waals surface area contributed by atoms with Gasteiger partial charge in [0.05, 0.1) is 4.90 Å². The third-order valence-corrected chi connectivity index (χ3v) is 6.17. The van der Waals surface area contributed by atoms with Gasteiger partial charge in [0.2, 0.25) is 10.0 Å². The summed E-state index contributed by atoms with van der Waals surface area (Å²) in [4.78, 5) is 12.4. The largest absolute Gasteiger partial charge is 0.573 e. The first-order chi connectivity index (χ1) is 13.4. The summed E-state index contributed by atoms with van der Waals surface area (Å²) in [5.74, 6) is -1.05. The quantitative estimate of drug-likeness (QED) is 0.729. The number of nitrogens with one attached hydrogen (secondary N) is 1. The lowest BCUT2D eigenvalue weighted by molar-refractivity contribution is -0.274. The monoisotopic (exact) mass is 430 g/mol. The van der Waals surface area contributed by atoms with Crippen LogP contribution in [0.4, 0.5) is 13.2 Å². The normalized spacial score (nSPS) is 12.3. The molecular formula is C19H21F3N2O4S. The van der Waals surface area contributed by atoms with E-state index in [2.05, 4.69) is 10.1 Å². The van der Waals surface area contributed by atoms with E-state index in [9.17, 15) is 26.4 Å². The van der Waals surface area contributed by atoms with Crippen LogP contribution in [-0.2, 0) is 16.6 Å². The number of carbonyl (C=O) groups is 1. The predicted octanol–water partition coefficient (Wildman–Crippen LogP) is 3.54. The van der Waals surface area contributed by atoms with Gasteiger partial charge in [-0.05, 0) is 38.1 Å². The van der Waals surface area contributed by atoms with E-state index < -0.39 is 28.0 Å². The van der Waals surface area contributed by atoms with Crippen molar-refractivity contribution in [1.82, 2.24) is 9.62 Å². The molecule has 0 radical (unpaired) electrons. The van der Waals surface area contributed by atoms with E-state index in [1.165, 1.54) is 53.8 Å². The Kier molecular flexibility index (Phi) is 6.91. The average Bonchev–Trinajstić information content (AvgIpc) is 2.65. The maximum absolute atomic E-state index is 12.6. The zero-order valence-corrected chi connectivity index (χ0v) is 16.8. The number of alkyl halides is 3. The SMILES string of the molecule is CC(C)N(C)S(=O)(=O)c1cccc(C(=O)NCc2ccccc2OC(F)(F)F)c1. The Morgan fingerprint density at radius 1 is 1.14 bits per heavy atom. The Labute approximate surface area is 167 Å². The van der Waals surface area contributed by atoms with E-state index in [1.807, 2.05) is 0 Å². The molecular weight excluding hydrogens is 409 g/mol. The molecule has 0 aliphatic heterocycles. The second-order valence-corrected chi connectivity index (χ2v) is 8.48. The molecule has 1 amide bonds. The van der Waals surface area contributed by atoms with E-state index in [4.69, 9.17) is 0 Å². The van der Waals surface area contributed by atoms with Crippen molar-refractivity contribution in [2.75, 3.05) is 7.05 Å². The van der Waals surface area contributed by atoms with Crippen LogP contribution in [0, 0.1) is 0 Å². The van der Waals surface area contributed by atoms with Crippen LogP contribution in [-0.4, -0.2) is 38.1 Å². The third kappa shape index (κ3) is 5.94. The highest BCUT2D eigenvalue weighted by atomic mass is 32.2. The molecule has 0 unspecified atom stereocenters. The number of halogens is 3. The number of hydrogen-bond acceptors (Lipinski definition) is 4. The molecule has 2 aromatic rings. The van der Waals surface area contributed by atoms with Crippen LogP contribution in [0.25, 0.3) is 0 Å². The summed E-state index contributed by atoms with van der Waals surface area (Å²) in [6.07, 6.45) is -4.86. The molecule has 2 aromatic carbocycles. The minimum Gasteiger partial charge on any atom is -0.405 e. The van der Waals surface area contributed by atoms with Crippen LogP contribution in [0.1, 0.15) is 29.8 Å². The molecule has 158 valence electrons. The molecule has 0 bridgehead atoms. The zero-order valence-electron chi connectivity index (χ0n) is 16.0. The standard InChI is InChI=1S/C19H21F3N2O4S/c1-13(2)24(3)29(26,27)16-9-6-8-14(11-16)18(25)23-12-15-7-4-5-10-17(15)28-19(20,21)22/h4-11,13H,12H2,1-3H3,(H,23,25). The summed E-state index contributed by atoms with van der Waals surface area (Å²) in [6.45, 7) is 3.21. The van der Waals surface area contributed by atoms with E-state index >= 15 is 0 Å². The molecule has 0 saturated carbocycles. The van der Waals surface area contributed by atoms with Crippen LogP contribution in [0.5, 0.6) is 5.75 Å². The molecule has 0 atom stereocenters. The van der Waals surface area contributed by atoms with Gasteiger partial charge in [0.1, 0.15) is 5.75 Å². The zero-order chi connectivity index (χ0) is 21.8. The lowest BCUT2D eigenvalue weighted by Crippen LogP contribution is -2.33. The number of carbonyl (C=O) groups excluding carboxylic acids is 1. The van der Waals surface area contributed by atoms with E-state index in [0.717, 1.165) is 6.07 Å². The molecule has 0 aliphatic rings. The minimum atomic E-state index is -4.86. The van der Waals surface area contributed by atoms with Crippen LogP contribution < -0.4 is 10.1 Å². The average molecular weight is 430 g/mol. The smallest absolute Gasteiger partial charge is 0.405 e. The van der Waals surface area contributed by atoms with Gasteiger partial charge in [-0.3, -0.25) is 4.79 Å². The van der Waals surface area contributed by atoms with Crippen LogP contribution in [0.2, 0.25) is 0 Å². The highest BCUT2D eigenvalue weighted by molar-refractivity contribution is 7.89. The van der Waals surface area contributed by atoms with Gasteiger partial charge < -0.3 is 10.1 Å². The molecule has 10 heteroatoms. The van der Waals surface area contributed by atoms with Crippen LogP contribution >= 0.6 is 0 Å². The summed E-state index contributed by atoms with van der Waals surface area (Å²) in [5.41, 5.74) is 0.193. The van der Waals surface area contributed by atoms with Crippen molar-refractivity contribution in [2.24, 2.45) is 0 Å². The Bertz CT molecular complexity index is 975. The van der Waals surface area contributed by atoms with Gasteiger partial charge in [0.15, 0.2) is 0 Å². The number of benzene rings is 2. The predicted molar refractivity (Wildman–Crippen MR) is 101 cm³/mol. The number of ether oxygens (including phenoxy) is 1. The third-order valence-electron chi connectivity index (χ3n) is 4.14. The van der Waals surface area contributed by atoms with Gasteiger partial charge in [0.25, 0.3) is 5.91 Å². The van der Waals surface area contributed by atoms with E-state index in [0.29, 0.717) is 0 Å². The van der Waals surface area contributed by atoms with Crippen molar-refractivity contribution in [3.8, 4) is 5.75 Å². The summed E-state index contributed by atoms with van der Waals surface area (Å²) >= 11 is 0. The van der Waals surface area contributed by atoms with Gasteiger partial charge in [-0.15, -0.1) is 13.2 Å². The fraction of sp³-hybridized carbons (Fsp3) is 0.316. The molecule has 2 rings (SSSR count). The summed E-state index contributed by atoms with van der Waals surface area (Å²) in [6, 6.07) is 10.6. The molecule has 0 aliphatic carbocycles. The molecule has 0 heterocycles. The van der Waals surface area contributed by atoms with Crippen molar-refractivity contribution < 1.29 is 31.1 Å². The minimum absolute atomic E-state index is 0.0536. The number of sulfonamides is 1. The Balaban J connectivity index is 2.18. The maximum Gasteiger partial charge on any atom is 0.573 e. The van der Waals surface area contributed by atoms with Crippen LogP contribution in [0.15, 0.2) is 53.4 Å². The van der Waals surface area contributed by atoms with Crippen molar-refractivity contribution in [2.45, 2.75) is 37.7 Å². The summed E-state index contributed by atoms with van der Waals surface area (Å²) < 4.78 is 67.8. The number of nitrogens with zero attached hydrogens (tertiary/aromatic N) is 1. The Morgan fingerprint density at radius 2 is 1.79 bits per heavy atom. The molecule has 0 saturated heterocycles. The highest BCUT2D eigenvalue weighted by Crippen LogP contribution is 2.26. The maximum atomic E-state index is 12.6. The van der Waals surface area contributed by atoms with Crippen molar-refractivity contribution in [1.29, 1.82) is 0 Å². The Morgan fingerprint density at radius 3 is 2.41 bits per heavy atom. The van der Waals surface area contributed by atoms with E-state index in [1.54, 1.807) is 13.8 Å². The van der Waals surface area contributed by atoms with Gasteiger partial charge >= 0.3 is 6.36 Å². The van der Waals surface area contributed by atoms with Crippen molar-refractivity contribution in [3.05, 3.63) is 59.7 Å². The Hall–Kier alpha value is -2.59. The second-order valence-electron chi connectivity index (χ2n) is 6.48. The highest BCUT2D eigenvalue weighted by Gasteiger charge is 2.32. The molecule has 29 heavy (non-hydrogen) atoms. The molecule has 6 nitrogen and oxygen atoms in total. The first-order valence-corrected chi connectivity index (χ1v) is 10.1. The van der Waals surface area contributed by atoms with Crippen molar-refractivity contribution >= 4 is 15.9 Å². The summed E-state index contributed by atoms with van der Waals surface area (Å²) in [7, 11) is -2.35. The molecule has 0 fully saturated rings. The first kappa shape index (κ1) is 22.7. The summed E-state index contributed by atoms with van der Waals surface area (Å²) in [5, 5.41) is 2.48. The number of hydrogen-bond donors (Lipinski definition) is 1. The van der Waals surface area contributed by atoms with Gasteiger partial charge in [-0.1, -0.05) is 24.3 Å². The van der Waals surface area contributed by atoms with Gasteiger partial charge in [-0.25, -0.2) is 8.42 Å². The van der Waals surface area contributed by atoms with Gasteiger partial charge in [0, 0.05) is 30.8 Å². The van der Waals surface area contributed by atoms with Crippen molar-refractivity contribution in [3.63, 3.8) is 0 Å². The topological polar surface area (TPSA) is 75.7 Å². The molecule has 0 spiro atoms. The number of rotatable bonds is 7. The number of amides is 1. The fourth-order valence-corrected chi connectivity index (χ4v) is 3.81. The molecule has 0 aromatic heterocycles. The number of para-hydroxylation sites is 1. The molecule has 1 N–H and O–H groups in total. The van der Waals surface area contributed by atoms with E-state index in [-0.39, 0.29) is 28.6 Å². The lowest BCUT2D eigenvalue weighted by Gasteiger charge is -2.21. The second kappa shape index (κ2) is 8.83. The van der Waals surface area contributed by atoms with Gasteiger partial charge in [-0.2, -0.15) is 4.31 Å². The van der Waals surface area contributed by atoms with Crippen LogP contribution in [0.3, 0.4) is 0 Å². The first-order valence-electron chi connectivity index (χ1n) is 8.62. The lowest BCUT2D eigenvalue weighted by atomic mass is 10.1. The fourth-order valence-electron chi connectivity index (χ4n) is 2.39.